The molecule has 0 aliphatic heterocycles. The lowest BCUT2D eigenvalue weighted by Crippen LogP contribution is -2.25. The van der Waals surface area contributed by atoms with Crippen LogP contribution >= 0.6 is 0 Å². The van der Waals surface area contributed by atoms with Gasteiger partial charge in [0.2, 0.25) is 15.9 Å². The summed E-state index contributed by atoms with van der Waals surface area (Å²) in [7, 11) is -3.60. The van der Waals surface area contributed by atoms with Crippen molar-refractivity contribution < 1.29 is 13.2 Å². The van der Waals surface area contributed by atoms with Gasteiger partial charge in [-0.1, -0.05) is 19.1 Å². The maximum Gasteiger partial charge on any atom is 0.242 e. The second kappa shape index (κ2) is 6.48. The number of amides is 1. The lowest BCUT2D eigenvalue weighted by molar-refractivity contribution is -0.116. The Kier molecular flexibility index (Phi) is 5.26. The minimum Gasteiger partial charge on any atom is -0.330 e. The fourth-order valence-electron chi connectivity index (χ4n) is 1.42. The predicted molar refractivity (Wildman–Crippen MR) is 69.6 cm³/mol. The van der Waals surface area contributed by atoms with Crippen LogP contribution in [-0.2, 0) is 14.8 Å². The van der Waals surface area contributed by atoms with E-state index in [1.165, 1.54) is 6.07 Å². The van der Waals surface area contributed by atoms with Crippen molar-refractivity contribution >= 4 is 21.6 Å². The molecule has 0 saturated heterocycles. The Morgan fingerprint density at radius 3 is 2.61 bits per heavy atom. The molecule has 1 amide bonds. The molecule has 0 fully saturated rings. The highest BCUT2D eigenvalue weighted by Crippen LogP contribution is 2.20. The Balaban J connectivity index is 3.03. The van der Waals surface area contributed by atoms with Gasteiger partial charge in [0.15, 0.2) is 0 Å². The summed E-state index contributed by atoms with van der Waals surface area (Å²) in [5, 5.41) is 2.54. The highest BCUT2D eigenvalue weighted by Gasteiger charge is 2.17. The van der Waals surface area contributed by atoms with Crippen molar-refractivity contribution in [2.24, 2.45) is 5.73 Å². The number of rotatable bonds is 6. The van der Waals surface area contributed by atoms with Crippen molar-refractivity contribution in [2.45, 2.75) is 18.2 Å². The first-order valence-corrected chi connectivity index (χ1v) is 7.08. The van der Waals surface area contributed by atoms with Crippen LogP contribution in [0, 0.1) is 0 Å². The number of carbonyl (C=O) groups is 1. The zero-order valence-electron chi connectivity index (χ0n) is 10.1. The van der Waals surface area contributed by atoms with Gasteiger partial charge in [-0.05, 0) is 12.1 Å². The van der Waals surface area contributed by atoms with Crippen molar-refractivity contribution in [2.75, 3.05) is 18.4 Å². The molecule has 0 atom stereocenters. The Morgan fingerprint density at radius 1 is 1.33 bits per heavy atom. The van der Waals surface area contributed by atoms with Gasteiger partial charge in [0.1, 0.15) is 4.90 Å². The molecule has 1 aromatic carbocycles. The Labute approximate surface area is 107 Å². The second-order valence-corrected chi connectivity index (χ2v) is 5.32. The van der Waals surface area contributed by atoms with E-state index in [-0.39, 0.29) is 36.0 Å². The number of nitrogens with two attached hydrogens (primary N) is 1. The van der Waals surface area contributed by atoms with Gasteiger partial charge >= 0.3 is 0 Å². The lowest BCUT2D eigenvalue weighted by Gasteiger charge is -2.11. The first kappa shape index (κ1) is 14.6. The van der Waals surface area contributed by atoms with Crippen molar-refractivity contribution in [3.05, 3.63) is 24.3 Å². The molecule has 0 aromatic heterocycles. The monoisotopic (exact) mass is 271 g/mol. The first-order chi connectivity index (χ1) is 8.51. The topological polar surface area (TPSA) is 101 Å². The minimum atomic E-state index is -3.60. The van der Waals surface area contributed by atoms with Crippen molar-refractivity contribution in [1.29, 1.82) is 0 Å². The zero-order valence-corrected chi connectivity index (χ0v) is 11.0. The van der Waals surface area contributed by atoms with Crippen LogP contribution in [0.4, 0.5) is 5.69 Å². The van der Waals surface area contributed by atoms with Crippen molar-refractivity contribution in [1.82, 2.24) is 4.72 Å². The average molecular weight is 271 g/mol. The van der Waals surface area contributed by atoms with E-state index in [4.69, 9.17) is 5.73 Å². The van der Waals surface area contributed by atoms with Crippen LogP contribution in [0.3, 0.4) is 0 Å². The smallest absolute Gasteiger partial charge is 0.242 e. The van der Waals surface area contributed by atoms with E-state index in [1.54, 1.807) is 25.1 Å². The first-order valence-electron chi connectivity index (χ1n) is 5.60. The molecule has 0 bridgehead atoms. The van der Waals surface area contributed by atoms with Gasteiger partial charge in [-0.3, -0.25) is 4.79 Å². The average Bonchev–Trinajstić information content (AvgIpc) is 2.29. The molecule has 0 spiro atoms. The van der Waals surface area contributed by atoms with E-state index in [2.05, 4.69) is 10.0 Å². The third kappa shape index (κ3) is 3.80. The summed E-state index contributed by atoms with van der Waals surface area (Å²) >= 11 is 0. The third-order valence-electron chi connectivity index (χ3n) is 2.16. The summed E-state index contributed by atoms with van der Waals surface area (Å²) in [5.41, 5.74) is 5.52. The highest BCUT2D eigenvalue weighted by atomic mass is 32.2. The van der Waals surface area contributed by atoms with Crippen LogP contribution in [0.15, 0.2) is 29.2 Å². The van der Waals surface area contributed by atoms with Crippen molar-refractivity contribution in [3.8, 4) is 0 Å². The fourth-order valence-corrected chi connectivity index (χ4v) is 2.62. The molecule has 0 unspecified atom stereocenters. The molecule has 0 radical (unpaired) electrons. The van der Waals surface area contributed by atoms with Crippen LogP contribution in [0.2, 0.25) is 0 Å². The van der Waals surface area contributed by atoms with E-state index < -0.39 is 10.0 Å². The predicted octanol–water partition coefficient (Wildman–Crippen LogP) is 0.272. The molecule has 18 heavy (non-hydrogen) atoms. The number of hydrogen-bond acceptors (Lipinski definition) is 4. The molecule has 4 N–H and O–H groups in total. The molecule has 0 saturated carbocycles. The summed E-state index contributed by atoms with van der Waals surface area (Å²) in [6, 6.07) is 6.24. The van der Waals surface area contributed by atoms with Crippen LogP contribution in [0.25, 0.3) is 0 Å². The normalized spacial score (nSPS) is 11.2. The minimum absolute atomic E-state index is 0.0530. The Hall–Kier alpha value is -1.44. The van der Waals surface area contributed by atoms with Gasteiger partial charge in [0.25, 0.3) is 0 Å². The largest absolute Gasteiger partial charge is 0.330 e. The molecule has 1 rings (SSSR count). The van der Waals surface area contributed by atoms with E-state index in [0.717, 1.165) is 0 Å². The van der Waals surface area contributed by atoms with E-state index >= 15 is 0 Å². The number of nitrogens with one attached hydrogen (secondary N) is 2. The Morgan fingerprint density at radius 2 is 2.00 bits per heavy atom. The molecular formula is C11H17N3O3S. The standard InChI is InChI=1S/C11H17N3O3S/c1-2-13-18(16,17)10-6-4-3-5-9(10)14-11(15)7-8-12/h3-6,13H,2,7-8,12H2,1H3,(H,14,15). The van der Waals surface area contributed by atoms with Gasteiger partial charge in [0, 0.05) is 19.5 Å². The zero-order chi connectivity index (χ0) is 13.6. The number of sulfonamides is 1. The van der Waals surface area contributed by atoms with E-state index in [0.29, 0.717) is 0 Å². The van der Waals surface area contributed by atoms with E-state index in [1.807, 2.05) is 0 Å². The maximum atomic E-state index is 11.9. The lowest BCUT2D eigenvalue weighted by atomic mass is 10.3. The number of anilines is 1. The van der Waals surface area contributed by atoms with Gasteiger partial charge in [-0.25, -0.2) is 13.1 Å². The van der Waals surface area contributed by atoms with Crippen LogP contribution < -0.4 is 15.8 Å². The quantitative estimate of drug-likeness (QED) is 0.691. The molecule has 1 aromatic rings. The molecule has 0 heterocycles. The molecule has 7 heteroatoms. The SMILES string of the molecule is CCNS(=O)(=O)c1ccccc1NC(=O)CCN. The molecule has 0 aliphatic rings. The molecular weight excluding hydrogens is 254 g/mol. The molecule has 100 valence electrons. The Bertz CT molecular complexity index is 514. The summed E-state index contributed by atoms with van der Waals surface area (Å²) in [4.78, 5) is 11.5. The highest BCUT2D eigenvalue weighted by molar-refractivity contribution is 7.89. The van der Waals surface area contributed by atoms with Gasteiger partial charge in [0.05, 0.1) is 5.69 Å². The van der Waals surface area contributed by atoms with Crippen LogP contribution in [0.1, 0.15) is 13.3 Å². The van der Waals surface area contributed by atoms with Gasteiger partial charge < -0.3 is 11.1 Å². The van der Waals surface area contributed by atoms with E-state index in [9.17, 15) is 13.2 Å². The van der Waals surface area contributed by atoms with Gasteiger partial charge in [-0.2, -0.15) is 0 Å². The third-order valence-corrected chi connectivity index (χ3v) is 3.76. The summed E-state index contributed by atoms with van der Waals surface area (Å²) in [5.74, 6) is -0.309. The summed E-state index contributed by atoms with van der Waals surface area (Å²) < 4.78 is 26.2. The van der Waals surface area contributed by atoms with Gasteiger partial charge in [-0.15, -0.1) is 0 Å². The number of benzene rings is 1. The van der Waals surface area contributed by atoms with Crippen LogP contribution in [0.5, 0.6) is 0 Å². The number of para-hydroxylation sites is 1. The number of carbonyl (C=O) groups excluding carboxylic acids is 1. The maximum absolute atomic E-state index is 11.9. The number of hydrogen-bond donors (Lipinski definition) is 3. The summed E-state index contributed by atoms with van der Waals surface area (Å²) in [6.45, 7) is 2.19. The van der Waals surface area contributed by atoms with Crippen molar-refractivity contribution in [3.63, 3.8) is 0 Å². The molecule has 0 aliphatic carbocycles. The summed E-state index contributed by atoms with van der Waals surface area (Å²) in [6.07, 6.45) is 0.148. The van der Waals surface area contributed by atoms with Crippen LogP contribution in [-0.4, -0.2) is 27.4 Å². The fraction of sp³-hybridized carbons (Fsp3) is 0.364. The molecule has 6 nitrogen and oxygen atoms in total. The second-order valence-electron chi connectivity index (χ2n) is 3.58.